The van der Waals surface area contributed by atoms with Crippen molar-refractivity contribution in [1.82, 2.24) is 4.98 Å². The van der Waals surface area contributed by atoms with Gasteiger partial charge in [0.2, 0.25) is 0 Å². The standard InChI is InChI=1S/C25H27ClN4O2S2/c1-30(2)17-12-13-20(19(14-17)22(31)16-8-6-7-9-16)27-24(32)29-25-28-21(23(26)34-25)15-33-18-10-4-3-5-11-18/h3-5,10-14,16H,6-9,15H2,1-2H3,(H2,27,28,29,32). The molecule has 0 atom stereocenters. The topological polar surface area (TPSA) is 74.3 Å². The first kappa shape index (κ1) is 24.6. The van der Waals surface area contributed by atoms with Gasteiger partial charge in [-0.3, -0.25) is 10.1 Å². The number of ketones is 1. The number of benzene rings is 2. The third-order valence-corrected chi connectivity index (χ3v) is 8.02. The van der Waals surface area contributed by atoms with Gasteiger partial charge in [0.25, 0.3) is 0 Å². The minimum absolute atomic E-state index is 0.0171. The van der Waals surface area contributed by atoms with Crippen molar-refractivity contribution in [2.75, 3.05) is 29.6 Å². The van der Waals surface area contributed by atoms with E-state index in [0.717, 1.165) is 42.0 Å². The molecule has 0 unspecified atom stereocenters. The normalized spacial score (nSPS) is 13.6. The fourth-order valence-electron chi connectivity index (χ4n) is 3.93. The van der Waals surface area contributed by atoms with Crippen LogP contribution < -0.4 is 15.5 Å². The van der Waals surface area contributed by atoms with Gasteiger partial charge in [0.05, 0.1) is 11.4 Å². The Labute approximate surface area is 213 Å². The maximum absolute atomic E-state index is 13.2. The number of halogens is 1. The number of carbonyl (C=O) groups excluding carboxylic acids is 2. The maximum atomic E-state index is 13.2. The molecule has 0 aliphatic heterocycles. The summed E-state index contributed by atoms with van der Waals surface area (Å²) in [6.07, 6.45) is 3.95. The van der Waals surface area contributed by atoms with Gasteiger partial charge in [0.15, 0.2) is 10.9 Å². The van der Waals surface area contributed by atoms with E-state index < -0.39 is 6.03 Å². The lowest BCUT2D eigenvalue weighted by Crippen LogP contribution is -2.22. The number of aromatic nitrogens is 1. The first-order chi connectivity index (χ1) is 16.4. The molecule has 34 heavy (non-hydrogen) atoms. The van der Waals surface area contributed by atoms with Crippen LogP contribution in [0.15, 0.2) is 53.4 Å². The minimum Gasteiger partial charge on any atom is -0.378 e. The summed E-state index contributed by atoms with van der Waals surface area (Å²) in [4.78, 5) is 33.5. The average molecular weight is 515 g/mol. The summed E-state index contributed by atoms with van der Waals surface area (Å²) in [5.74, 6) is 0.715. The number of nitrogens with one attached hydrogen (secondary N) is 2. The summed E-state index contributed by atoms with van der Waals surface area (Å²) in [5, 5.41) is 6.03. The number of rotatable bonds is 8. The molecule has 178 valence electrons. The predicted molar refractivity (Wildman–Crippen MR) is 143 cm³/mol. The van der Waals surface area contributed by atoms with Gasteiger partial charge in [-0.05, 0) is 43.2 Å². The molecular weight excluding hydrogens is 488 g/mol. The zero-order valence-electron chi connectivity index (χ0n) is 19.1. The molecule has 1 saturated carbocycles. The largest absolute Gasteiger partial charge is 0.378 e. The smallest absolute Gasteiger partial charge is 0.325 e. The van der Waals surface area contributed by atoms with Gasteiger partial charge in [-0.15, -0.1) is 11.8 Å². The number of hydrogen-bond acceptors (Lipinski definition) is 6. The highest BCUT2D eigenvalue weighted by atomic mass is 35.5. The number of thiazole rings is 1. The Kier molecular flexibility index (Phi) is 8.13. The van der Waals surface area contributed by atoms with Crippen LogP contribution in [-0.4, -0.2) is 30.9 Å². The number of nitrogens with zero attached hydrogens (tertiary/aromatic N) is 2. The molecule has 1 heterocycles. The number of thioether (sulfide) groups is 1. The molecule has 4 rings (SSSR count). The Bertz CT molecular complexity index is 1160. The molecule has 0 radical (unpaired) electrons. The minimum atomic E-state index is -0.453. The van der Waals surface area contributed by atoms with Crippen molar-refractivity contribution in [3.63, 3.8) is 0 Å². The number of hydrogen-bond donors (Lipinski definition) is 2. The second kappa shape index (κ2) is 11.3. The molecular formula is C25H27ClN4O2S2. The van der Waals surface area contributed by atoms with E-state index in [1.807, 2.05) is 61.5 Å². The Morgan fingerprint density at radius 3 is 2.56 bits per heavy atom. The number of carbonyl (C=O) groups is 2. The SMILES string of the molecule is CN(C)c1ccc(NC(=O)Nc2nc(CSc3ccccc3)c(Cl)s2)c(C(=O)C2CCCC2)c1. The van der Waals surface area contributed by atoms with E-state index in [1.165, 1.54) is 11.3 Å². The second-order valence-electron chi connectivity index (χ2n) is 8.39. The van der Waals surface area contributed by atoms with Crippen LogP contribution in [0.25, 0.3) is 0 Å². The molecule has 6 nitrogen and oxygen atoms in total. The lowest BCUT2D eigenvalue weighted by Gasteiger charge is -2.18. The Balaban J connectivity index is 1.45. The molecule has 0 saturated heterocycles. The van der Waals surface area contributed by atoms with Crippen molar-refractivity contribution in [1.29, 1.82) is 0 Å². The molecule has 0 spiro atoms. The third kappa shape index (κ3) is 6.11. The Morgan fingerprint density at radius 1 is 1.12 bits per heavy atom. The fourth-order valence-corrected chi connectivity index (χ4v) is 5.99. The molecule has 1 aliphatic rings. The molecule has 1 aromatic heterocycles. The Morgan fingerprint density at radius 2 is 1.85 bits per heavy atom. The summed E-state index contributed by atoms with van der Waals surface area (Å²) >= 11 is 9.22. The fraction of sp³-hybridized carbons (Fsp3) is 0.320. The van der Waals surface area contributed by atoms with Crippen LogP contribution in [-0.2, 0) is 5.75 Å². The van der Waals surface area contributed by atoms with Gasteiger partial charge in [-0.2, -0.15) is 0 Å². The maximum Gasteiger partial charge on any atom is 0.325 e. The molecule has 0 bridgehead atoms. The van der Waals surface area contributed by atoms with Crippen LogP contribution in [0, 0.1) is 5.92 Å². The summed E-state index contributed by atoms with van der Waals surface area (Å²) in [7, 11) is 3.86. The van der Waals surface area contributed by atoms with E-state index in [4.69, 9.17) is 11.6 Å². The van der Waals surface area contributed by atoms with Crippen molar-refractivity contribution in [2.24, 2.45) is 5.92 Å². The van der Waals surface area contributed by atoms with Gasteiger partial charge in [-0.1, -0.05) is 54.0 Å². The van der Waals surface area contributed by atoms with Gasteiger partial charge >= 0.3 is 6.03 Å². The molecule has 1 aliphatic carbocycles. The van der Waals surface area contributed by atoms with Crippen LogP contribution in [0.1, 0.15) is 41.7 Å². The summed E-state index contributed by atoms with van der Waals surface area (Å²) in [6, 6.07) is 15.1. The quantitative estimate of drug-likeness (QED) is 0.246. The number of amides is 2. The van der Waals surface area contributed by atoms with Crippen molar-refractivity contribution in [3.8, 4) is 0 Å². The molecule has 2 aromatic carbocycles. The van der Waals surface area contributed by atoms with E-state index in [-0.39, 0.29) is 11.7 Å². The summed E-state index contributed by atoms with van der Waals surface area (Å²) < 4.78 is 0.547. The number of anilines is 3. The van der Waals surface area contributed by atoms with Crippen LogP contribution in [0.5, 0.6) is 0 Å². The van der Waals surface area contributed by atoms with E-state index >= 15 is 0 Å². The summed E-state index contributed by atoms with van der Waals surface area (Å²) in [6.45, 7) is 0. The zero-order chi connectivity index (χ0) is 24.1. The highest BCUT2D eigenvalue weighted by molar-refractivity contribution is 7.98. The van der Waals surface area contributed by atoms with Gasteiger partial charge < -0.3 is 10.2 Å². The zero-order valence-corrected chi connectivity index (χ0v) is 21.5. The van der Waals surface area contributed by atoms with Crippen LogP contribution in [0.2, 0.25) is 4.34 Å². The van der Waals surface area contributed by atoms with E-state index in [1.54, 1.807) is 17.8 Å². The predicted octanol–water partition coefficient (Wildman–Crippen LogP) is 7.17. The van der Waals surface area contributed by atoms with Crippen molar-refractivity contribution >= 4 is 63.0 Å². The van der Waals surface area contributed by atoms with Gasteiger partial charge in [0, 0.05) is 41.9 Å². The first-order valence-corrected chi connectivity index (χ1v) is 13.4. The highest BCUT2D eigenvalue weighted by Gasteiger charge is 2.26. The highest BCUT2D eigenvalue weighted by Crippen LogP contribution is 2.34. The van der Waals surface area contributed by atoms with E-state index in [9.17, 15) is 9.59 Å². The third-order valence-electron chi connectivity index (χ3n) is 5.75. The van der Waals surface area contributed by atoms with Crippen molar-refractivity contribution in [3.05, 3.63) is 64.1 Å². The van der Waals surface area contributed by atoms with Gasteiger partial charge in [0.1, 0.15) is 4.34 Å². The molecule has 2 N–H and O–H groups in total. The Hall–Kier alpha value is -2.55. The van der Waals surface area contributed by atoms with E-state index in [2.05, 4.69) is 15.6 Å². The van der Waals surface area contributed by atoms with Crippen LogP contribution in [0.3, 0.4) is 0 Å². The lowest BCUT2D eigenvalue weighted by atomic mass is 9.94. The number of Topliss-reactive ketones (excluding diaryl/α,β-unsaturated/α-hetero) is 1. The second-order valence-corrected chi connectivity index (χ2v) is 11.0. The van der Waals surface area contributed by atoms with Crippen molar-refractivity contribution in [2.45, 2.75) is 36.3 Å². The number of urea groups is 1. The monoisotopic (exact) mass is 514 g/mol. The van der Waals surface area contributed by atoms with E-state index in [0.29, 0.717) is 26.5 Å². The molecule has 9 heteroatoms. The van der Waals surface area contributed by atoms with Crippen LogP contribution in [0.4, 0.5) is 21.3 Å². The first-order valence-electron chi connectivity index (χ1n) is 11.2. The van der Waals surface area contributed by atoms with Gasteiger partial charge in [-0.25, -0.2) is 9.78 Å². The van der Waals surface area contributed by atoms with Crippen LogP contribution >= 0.6 is 34.7 Å². The molecule has 2 amide bonds. The lowest BCUT2D eigenvalue weighted by molar-refractivity contribution is 0.0924. The van der Waals surface area contributed by atoms with Crippen molar-refractivity contribution < 1.29 is 9.59 Å². The summed E-state index contributed by atoms with van der Waals surface area (Å²) in [5.41, 5.74) is 2.69. The molecule has 3 aromatic rings. The molecule has 1 fully saturated rings. The average Bonchev–Trinajstić information content (AvgIpc) is 3.48.